The molecule has 0 bridgehead atoms. The molecule has 0 aliphatic rings. The predicted molar refractivity (Wildman–Crippen MR) is 91.6 cm³/mol. The van der Waals surface area contributed by atoms with Crippen LogP contribution in [-0.4, -0.2) is 16.3 Å². The Morgan fingerprint density at radius 2 is 1.95 bits per heavy atom. The van der Waals surface area contributed by atoms with Crippen molar-refractivity contribution in [2.24, 2.45) is 0 Å². The molecule has 0 unspecified atom stereocenters. The van der Waals surface area contributed by atoms with Crippen molar-refractivity contribution in [2.75, 3.05) is 6.54 Å². The fourth-order valence-corrected chi connectivity index (χ4v) is 2.92. The molecule has 114 valence electrons. The Morgan fingerprint density at radius 3 is 2.57 bits per heavy atom. The molecule has 0 saturated carbocycles. The third-order valence-corrected chi connectivity index (χ3v) is 4.39. The van der Waals surface area contributed by atoms with Gasteiger partial charge in [-0.2, -0.15) is 5.10 Å². The van der Waals surface area contributed by atoms with Crippen molar-refractivity contribution in [3.63, 3.8) is 0 Å². The van der Waals surface area contributed by atoms with Crippen LogP contribution in [-0.2, 0) is 25.9 Å². The highest BCUT2D eigenvalue weighted by atomic mass is 79.9. The molecule has 0 aliphatic carbocycles. The van der Waals surface area contributed by atoms with Gasteiger partial charge >= 0.3 is 0 Å². The van der Waals surface area contributed by atoms with Gasteiger partial charge in [0.15, 0.2) is 0 Å². The quantitative estimate of drug-likeness (QED) is 0.820. The van der Waals surface area contributed by atoms with E-state index in [0.29, 0.717) is 0 Å². The van der Waals surface area contributed by atoms with E-state index < -0.39 is 0 Å². The summed E-state index contributed by atoms with van der Waals surface area (Å²) in [6, 6.07) is 8.81. The first-order chi connectivity index (χ1) is 10.2. The van der Waals surface area contributed by atoms with Gasteiger partial charge in [-0.15, -0.1) is 0 Å². The smallest absolute Gasteiger partial charge is 0.0673 e. The summed E-state index contributed by atoms with van der Waals surface area (Å²) in [5, 5.41) is 8.04. The average molecular weight is 350 g/mol. The third kappa shape index (κ3) is 4.17. The van der Waals surface area contributed by atoms with E-state index >= 15 is 0 Å². The highest BCUT2D eigenvalue weighted by Crippen LogP contribution is 2.21. The Labute approximate surface area is 135 Å². The largest absolute Gasteiger partial charge is 0.313 e. The number of rotatable bonds is 7. The average Bonchev–Trinajstić information content (AvgIpc) is 2.90. The molecule has 3 nitrogen and oxygen atoms in total. The van der Waals surface area contributed by atoms with Crippen molar-refractivity contribution in [3.8, 4) is 0 Å². The number of hydrogen-bond acceptors (Lipinski definition) is 2. The second-order valence-electron chi connectivity index (χ2n) is 5.20. The molecule has 0 amide bonds. The maximum absolute atomic E-state index is 4.69. The van der Waals surface area contributed by atoms with Gasteiger partial charge in [0.05, 0.1) is 12.2 Å². The van der Waals surface area contributed by atoms with E-state index in [1.54, 1.807) is 0 Å². The highest BCUT2D eigenvalue weighted by molar-refractivity contribution is 9.10. The zero-order chi connectivity index (χ0) is 15.2. The normalized spacial score (nSPS) is 11.0. The van der Waals surface area contributed by atoms with Crippen LogP contribution >= 0.6 is 15.9 Å². The van der Waals surface area contributed by atoms with Gasteiger partial charge in [-0.1, -0.05) is 48.8 Å². The van der Waals surface area contributed by atoms with Crippen molar-refractivity contribution in [1.29, 1.82) is 0 Å². The molecule has 1 N–H and O–H groups in total. The minimum absolute atomic E-state index is 0.825. The van der Waals surface area contributed by atoms with E-state index in [2.05, 4.69) is 71.0 Å². The first kappa shape index (κ1) is 16.2. The zero-order valence-electron chi connectivity index (χ0n) is 13.1. The van der Waals surface area contributed by atoms with E-state index in [1.165, 1.54) is 22.5 Å². The van der Waals surface area contributed by atoms with Crippen LogP contribution in [0.15, 0.2) is 28.7 Å². The number of hydrogen-bond donors (Lipinski definition) is 1. The monoisotopic (exact) mass is 349 g/mol. The minimum Gasteiger partial charge on any atom is -0.313 e. The molecule has 1 heterocycles. The third-order valence-electron chi connectivity index (χ3n) is 3.66. The summed E-state index contributed by atoms with van der Waals surface area (Å²) >= 11 is 3.70. The molecule has 0 fully saturated rings. The maximum atomic E-state index is 4.69. The molecule has 0 saturated heterocycles. The van der Waals surface area contributed by atoms with Crippen LogP contribution in [0.1, 0.15) is 43.3 Å². The summed E-state index contributed by atoms with van der Waals surface area (Å²) in [6.07, 6.45) is 2.01. The lowest BCUT2D eigenvalue weighted by molar-refractivity contribution is 0.638. The molecular formula is C17H24BrN3. The Morgan fingerprint density at radius 1 is 1.14 bits per heavy atom. The van der Waals surface area contributed by atoms with Gasteiger partial charge in [0.1, 0.15) is 0 Å². The predicted octanol–water partition coefficient (Wildman–Crippen LogP) is 3.93. The number of aryl methyl sites for hydroxylation is 2. The molecule has 1 aromatic heterocycles. The Bertz CT molecular complexity index is 590. The van der Waals surface area contributed by atoms with Crippen LogP contribution in [0.5, 0.6) is 0 Å². The Balaban J connectivity index is 2.17. The SMILES string of the molecule is CCNCc1ccc(Cn2nc(CC)cc2CC)c(Br)c1. The number of halogens is 1. The molecule has 2 aromatic rings. The maximum Gasteiger partial charge on any atom is 0.0673 e. The topological polar surface area (TPSA) is 29.9 Å². The molecule has 0 aliphatic heterocycles. The highest BCUT2D eigenvalue weighted by Gasteiger charge is 2.08. The molecule has 2 rings (SSSR count). The van der Waals surface area contributed by atoms with Crippen molar-refractivity contribution in [3.05, 3.63) is 51.3 Å². The molecule has 0 spiro atoms. The number of nitrogens with zero attached hydrogens (tertiary/aromatic N) is 2. The van der Waals surface area contributed by atoms with E-state index in [9.17, 15) is 0 Å². The van der Waals surface area contributed by atoms with E-state index in [0.717, 1.165) is 36.9 Å². The lowest BCUT2D eigenvalue weighted by Gasteiger charge is -2.10. The fraction of sp³-hybridized carbons (Fsp3) is 0.471. The lowest BCUT2D eigenvalue weighted by atomic mass is 10.1. The van der Waals surface area contributed by atoms with Crippen LogP contribution < -0.4 is 5.32 Å². The van der Waals surface area contributed by atoms with Crippen molar-refractivity contribution < 1.29 is 0 Å². The summed E-state index contributed by atoms with van der Waals surface area (Å²) in [7, 11) is 0. The minimum atomic E-state index is 0.825. The molecule has 4 heteroatoms. The second-order valence-corrected chi connectivity index (χ2v) is 6.05. The van der Waals surface area contributed by atoms with Crippen LogP contribution in [0.4, 0.5) is 0 Å². The van der Waals surface area contributed by atoms with Gasteiger partial charge in [-0.25, -0.2) is 0 Å². The number of benzene rings is 1. The van der Waals surface area contributed by atoms with Crippen molar-refractivity contribution in [2.45, 2.75) is 46.7 Å². The molecular weight excluding hydrogens is 326 g/mol. The zero-order valence-corrected chi connectivity index (χ0v) is 14.7. The van der Waals surface area contributed by atoms with Gasteiger partial charge in [0.2, 0.25) is 0 Å². The van der Waals surface area contributed by atoms with E-state index in [4.69, 9.17) is 5.10 Å². The van der Waals surface area contributed by atoms with Crippen LogP contribution in [0.3, 0.4) is 0 Å². The van der Waals surface area contributed by atoms with Gasteiger partial charge in [-0.05, 0) is 42.6 Å². The van der Waals surface area contributed by atoms with Gasteiger partial charge in [0.25, 0.3) is 0 Å². The number of aromatic nitrogens is 2. The molecule has 0 atom stereocenters. The second kappa shape index (κ2) is 7.76. The lowest BCUT2D eigenvalue weighted by Crippen LogP contribution is -2.12. The van der Waals surface area contributed by atoms with Crippen LogP contribution in [0.25, 0.3) is 0 Å². The summed E-state index contributed by atoms with van der Waals surface area (Å²) < 4.78 is 3.29. The first-order valence-corrected chi connectivity index (χ1v) is 8.50. The fourth-order valence-electron chi connectivity index (χ4n) is 2.37. The number of nitrogens with one attached hydrogen (secondary N) is 1. The van der Waals surface area contributed by atoms with Crippen molar-refractivity contribution in [1.82, 2.24) is 15.1 Å². The van der Waals surface area contributed by atoms with Gasteiger partial charge in [-0.3, -0.25) is 4.68 Å². The van der Waals surface area contributed by atoms with Gasteiger partial charge in [0, 0.05) is 16.7 Å². The van der Waals surface area contributed by atoms with Crippen LogP contribution in [0, 0.1) is 0 Å². The summed E-state index contributed by atoms with van der Waals surface area (Å²) in [5.74, 6) is 0. The summed E-state index contributed by atoms with van der Waals surface area (Å²) in [4.78, 5) is 0. The molecule has 21 heavy (non-hydrogen) atoms. The van der Waals surface area contributed by atoms with E-state index in [1.807, 2.05) is 0 Å². The summed E-state index contributed by atoms with van der Waals surface area (Å²) in [6.45, 7) is 9.19. The first-order valence-electron chi connectivity index (χ1n) is 7.71. The Hall–Kier alpha value is -1.13. The standard InChI is InChI=1S/C17H24BrN3/c1-4-15-10-16(5-2)21(20-15)12-14-8-7-13(9-17(14)18)11-19-6-3/h7-10,19H,4-6,11-12H2,1-3H3. The van der Waals surface area contributed by atoms with Crippen LogP contribution in [0.2, 0.25) is 0 Å². The Kier molecular flexibility index (Phi) is 6.00. The molecule has 1 aromatic carbocycles. The molecule has 0 radical (unpaired) electrons. The van der Waals surface area contributed by atoms with Crippen molar-refractivity contribution >= 4 is 15.9 Å². The summed E-state index contributed by atoms with van der Waals surface area (Å²) in [5.41, 5.74) is 5.05. The van der Waals surface area contributed by atoms with E-state index in [-0.39, 0.29) is 0 Å². The van der Waals surface area contributed by atoms with Gasteiger partial charge < -0.3 is 5.32 Å².